The van der Waals surface area contributed by atoms with Crippen LogP contribution in [-0.2, 0) is 9.53 Å². The fraction of sp³-hybridized carbons (Fsp3) is 0.308. The quantitative estimate of drug-likeness (QED) is 0.852. The lowest BCUT2D eigenvalue weighted by Gasteiger charge is -2.22. The minimum Gasteiger partial charge on any atom is -0.366 e. The average molecular weight is 291 g/mol. The number of nitrogens with zero attached hydrogens (tertiary/aromatic N) is 3. The third-order valence-corrected chi connectivity index (χ3v) is 3.10. The first-order valence-corrected chi connectivity index (χ1v) is 6.52. The average Bonchev–Trinajstić information content (AvgIpc) is 3.02. The summed E-state index contributed by atoms with van der Waals surface area (Å²) < 4.78 is 20.7. The van der Waals surface area contributed by atoms with Crippen LogP contribution >= 0.6 is 0 Å². The van der Waals surface area contributed by atoms with Crippen molar-refractivity contribution >= 4 is 11.6 Å². The molecule has 1 atom stereocenters. The molecule has 3 rings (SSSR count). The van der Waals surface area contributed by atoms with E-state index in [1.165, 1.54) is 29.5 Å². The summed E-state index contributed by atoms with van der Waals surface area (Å²) in [6.45, 7) is 1.66. The molecule has 0 bridgehead atoms. The first kappa shape index (κ1) is 13.7. The monoisotopic (exact) mass is 291 g/mol. The van der Waals surface area contributed by atoms with Crippen molar-refractivity contribution in [2.75, 3.05) is 25.0 Å². The Kier molecular flexibility index (Phi) is 3.89. The van der Waals surface area contributed by atoms with Crippen molar-refractivity contribution in [1.29, 1.82) is 0 Å². The molecule has 2 N–H and O–H groups in total. The third kappa shape index (κ3) is 3.06. The number of anilines is 1. The van der Waals surface area contributed by atoms with Gasteiger partial charge in [0.15, 0.2) is 5.82 Å². The maximum Gasteiger partial charge on any atom is 0.254 e. The Morgan fingerprint density at radius 2 is 2.43 bits per heavy atom. The number of hydrogen-bond donors (Lipinski definition) is 2. The van der Waals surface area contributed by atoms with Crippen molar-refractivity contribution in [1.82, 2.24) is 20.1 Å². The first-order chi connectivity index (χ1) is 10.2. The molecule has 1 amide bonds. The van der Waals surface area contributed by atoms with E-state index in [-0.39, 0.29) is 11.6 Å². The smallest absolute Gasteiger partial charge is 0.254 e. The van der Waals surface area contributed by atoms with Crippen molar-refractivity contribution in [2.24, 2.45) is 0 Å². The van der Waals surface area contributed by atoms with Crippen LogP contribution in [-0.4, -0.2) is 46.5 Å². The highest BCUT2D eigenvalue weighted by Crippen LogP contribution is 2.17. The molecule has 0 saturated carbocycles. The Morgan fingerprint density at radius 3 is 3.10 bits per heavy atom. The number of benzene rings is 1. The van der Waals surface area contributed by atoms with Gasteiger partial charge in [-0.25, -0.2) is 14.1 Å². The predicted octanol–water partition coefficient (Wildman–Crippen LogP) is 0.333. The molecule has 1 aromatic carbocycles. The molecule has 7 nitrogen and oxygen atoms in total. The Labute approximate surface area is 120 Å². The van der Waals surface area contributed by atoms with Gasteiger partial charge in [-0.15, -0.1) is 0 Å². The highest BCUT2D eigenvalue weighted by atomic mass is 19.1. The van der Waals surface area contributed by atoms with Gasteiger partial charge in [0.25, 0.3) is 5.91 Å². The molecule has 21 heavy (non-hydrogen) atoms. The summed E-state index contributed by atoms with van der Waals surface area (Å²) in [6.07, 6.45) is 2.16. The lowest BCUT2D eigenvalue weighted by Crippen LogP contribution is -2.45. The first-order valence-electron chi connectivity index (χ1n) is 6.52. The maximum atomic E-state index is 14.0. The van der Waals surface area contributed by atoms with Crippen LogP contribution in [0.5, 0.6) is 0 Å². The van der Waals surface area contributed by atoms with Gasteiger partial charge in [-0.3, -0.25) is 4.79 Å². The molecule has 2 aromatic rings. The second-order valence-corrected chi connectivity index (χ2v) is 4.56. The number of morpholine rings is 1. The number of amides is 1. The summed E-state index contributed by atoms with van der Waals surface area (Å²) in [5.41, 5.74) is 0.636. The van der Waals surface area contributed by atoms with Gasteiger partial charge in [0.2, 0.25) is 0 Å². The fourth-order valence-corrected chi connectivity index (χ4v) is 2.06. The Morgan fingerprint density at radius 1 is 1.52 bits per heavy atom. The minimum absolute atomic E-state index is 0.265. The van der Waals surface area contributed by atoms with Crippen molar-refractivity contribution < 1.29 is 13.9 Å². The van der Waals surface area contributed by atoms with E-state index < -0.39 is 11.9 Å². The van der Waals surface area contributed by atoms with E-state index in [4.69, 9.17) is 4.74 Å². The molecule has 0 spiro atoms. The largest absolute Gasteiger partial charge is 0.366 e. The van der Waals surface area contributed by atoms with E-state index in [0.717, 1.165) is 6.54 Å². The zero-order valence-electron chi connectivity index (χ0n) is 11.1. The zero-order chi connectivity index (χ0) is 14.7. The van der Waals surface area contributed by atoms with E-state index in [1.807, 2.05) is 0 Å². The van der Waals surface area contributed by atoms with Crippen LogP contribution in [0.15, 0.2) is 30.9 Å². The number of halogens is 1. The number of aromatic nitrogens is 3. The summed E-state index contributed by atoms with van der Waals surface area (Å²) in [6, 6.07) is 4.37. The van der Waals surface area contributed by atoms with Gasteiger partial charge in [0.1, 0.15) is 24.4 Å². The predicted molar refractivity (Wildman–Crippen MR) is 72.6 cm³/mol. The topological polar surface area (TPSA) is 81.1 Å². The van der Waals surface area contributed by atoms with Gasteiger partial charge >= 0.3 is 0 Å². The second-order valence-electron chi connectivity index (χ2n) is 4.56. The van der Waals surface area contributed by atoms with Gasteiger partial charge in [-0.1, -0.05) is 0 Å². The molecule has 1 aromatic heterocycles. The lowest BCUT2D eigenvalue weighted by atomic mass is 10.2. The number of nitrogens with one attached hydrogen (secondary N) is 2. The number of rotatable bonds is 3. The summed E-state index contributed by atoms with van der Waals surface area (Å²) in [4.78, 5) is 15.7. The van der Waals surface area contributed by atoms with Gasteiger partial charge in [-0.2, -0.15) is 5.10 Å². The Hall–Kier alpha value is -2.32. The summed E-state index contributed by atoms with van der Waals surface area (Å²) in [7, 11) is 0. The van der Waals surface area contributed by atoms with E-state index in [0.29, 0.717) is 18.8 Å². The highest BCUT2D eigenvalue weighted by molar-refractivity contribution is 5.94. The summed E-state index contributed by atoms with van der Waals surface area (Å²) in [5, 5.41) is 9.56. The molecule has 1 saturated heterocycles. The van der Waals surface area contributed by atoms with Crippen molar-refractivity contribution in [3.8, 4) is 5.69 Å². The Bertz CT molecular complexity index is 625. The molecule has 1 aliphatic rings. The number of ether oxygens (including phenoxy) is 1. The molecule has 8 heteroatoms. The van der Waals surface area contributed by atoms with Crippen molar-refractivity contribution in [3.05, 3.63) is 36.7 Å². The van der Waals surface area contributed by atoms with E-state index in [1.54, 1.807) is 6.07 Å². The fourth-order valence-electron chi connectivity index (χ4n) is 2.06. The highest BCUT2D eigenvalue weighted by Gasteiger charge is 2.22. The van der Waals surface area contributed by atoms with Crippen LogP contribution in [0.1, 0.15) is 0 Å². The number of carbonyl (C=O) groups is 1. The maximum absolute atomic E-state index is 14.0. The van der Waals surface area contributed by atoms with Gasteiger partial charge in [0.05, 0.1) is 6.61 Å². The molecule has 0 unspecified atom stereocenters. The summed E-state index contributed by atoms with van der Waals surface area (Å²) in [5.74, 6) is -0.795. The van der Waals surface area contributed by atoms with Crippen LogP contribution < -0.4 is 10.6 Å². The molecule has 2 heterocycles. The minimum atomic E-state index is -0.559. The summed E-state index contributed by atoms with van der Waals surface area (Å²) >= 11 is 0. The van der Waals surface area contributed by atoms with Gasteiger partial charge in [0, 0.05) is 18.8 Å². The molecule has 0 aliphatic carbocycles. The van der Waals surface area contributed by atoms with Crippen LogP contribution in [0.25, 0.3) is 5.69 Å². The van der Waals surface area contributed by atoms with Crippen LogP contribution in [0.3, 0.4) is 0 Å². The van der Waals surface area contributed by atoms with Crippen molar-refractivity contribution in [2.45, 2.75) is 6.10 Å². The van der Waals surface area contributed by atoms with Gasteiger partial charge in [-0.05, 0) is 18.2 Å². The van der Waals surface area contributed by atoms with Crippen LogP contribution in [0.2, 0.25) is 0 Å². The van der Waals surface area contributed by atoms with E-state index >= 15 is 0 Å². The third-order valence-electron chi connectivity index (χ3n) is 3.10. The zero-order valence-corrected chi connectivity index (χ0v) is 11.1. The van der Waals surface area contributed by atoms with Crippen LogP contribution in [0.4, 0.5) is 10.1 Å². The van der Waals surface area contributed by atoms with Crippen molar-refractivity contribution in [3.63, 3.8) is 0 Å². The molecule has 110 valence electrons. The lowest BCUT2D eigenvalue weighted by molar-refractivity contribution is -0.128. The second kappa shape index (κ2) is 5.98. The molecule has 1 aliphatic heterocycles. The van der Waals surface area contributed by atoms with E-state index in [9.17, 15) is 9.18 Å². The number of carbonyl (C=O) groups excluding carboxylic acids is 1. The standard InChI is InChI=1S/C13H14FN5O2/c14-10-5-9(1-2-11(10)19-8-16-7-17-19)18-13(20)12-6-15-3-4-21-12/h1-2,5,7-8,12,15H,3-4,6H2,(H,18,20)/t12-/m1/s1. The molecule has 1 fully saturated rings. The molecular formula is C13H14FN5O2. The molecular weight excluding hydrogens is 277 g/mol. The SMILES string of the molecule is O=C(Nc1ccc(-n2cncn2)c(F)c1)[C@H]1CNCCO1. The van der Waals surface area contributed by atoms with E-state index in [2.05, 4.69) is 20.7 Å². The number of hydrogen-bond acceptors (Lipinski definition) is 5. The normalized spacial score (nSPS) is 18.4. The van der Waals surface area contributed by atoms with Crippen LogP contribution in [0, 0.1) is 5.82 Å². The molecule has 0 radical (unpaired) electrons. The van der Waals surface area contributed by atoms with Gasteiger partial charge < -0.3 is 15.4 Å². The Balaban J connectivity index is 1.72.